The van der Waals surface area contributed by atoms with Crippen molar-refractivity contribution in [3.05, 3.63) is 53.1 Å². The van der Waals surface area contributed by atoms with Crippen LogP contribution < -0.4 is 19.5 Å². The molecule has 0 spiro atoms. The van der Waals surface area contributed by atoms with Gasteiger partial charge < -0.3 is 19.5 Å². The molecule has 162 valence electrons. The maximum Gasteiger partial charge on any atom is 0.251 e. The Bertz CT molecular complexity index is 803. The second-order valence-corrected chi connectivity index (χ2v) is 7.60. The zero-order valence-corrected chi connectivity index (χ0v) is 18.2. The highest BCUT2D eigenvalue weighted by molar-refractivity contribution is 5.94. The summed E-state index contributed by atoms with van der Waals surface area (Å²) in [7, 11) is 4.72. The first-order valence-corrected chi connectivity index (χ1v) is 10.5. The number of hydrogen-bond acceptors (Lipinski definition) is 5. The zero-order chi connectivity index (χ0) is 21.3. The number of hydrogen-bond donors (Lipinski definition) is 1. The van der Waals surface area contributed by atoms with Gasteiger partial charge in [0.25, 0.3) is 5.91 Å². The van der Waals surface area contributed by atoms with E-state index < -0.39 is 0 Å². The van der Waals surface area contributed by atoms with E-state index in [-0.39, 0.29) is 5.91 Å². The van der Waals surface area contributed by atoms with Gasteiger partial charge in [-0.05, 0) is 61.3 Å². The van der Waals surface area contributed by atoms with Crippen LogP contribution in [-0.4, -0.2) is 45.2 Å². The van der Waals surface area contributed by atoms with Crippen molar-refractivity contribution in [1.29, 1.82) is 0 Å². The summed E-state index contributed by atoms with van der Waals surface area (Å²) in [5, 5.41) is 2.96. The largest absolute Gasteiger partial charge is 0.493 e. The van der Waals surface area contributed by atoms with Crippen LogP contribution in [0.4, 0.5) is 0 Å². The van der Waals surface area contributed by atoms with E-state index >= 15 is 0 Å². The summed E-state index contributed by atoms with van der Waals surface area (Å²) < 4.78 is 16.1. The minimum atomic E-state index is -0.106. The van der Waals surface area contributed by atoms with Crippen molar-refractivity contribution in [1.82, 2.24) is 10.2 Å². The normalized spacial score (nSPS) is 14.6. The third-order valence-electron chi connectivity index (χ3n) is 5.50. The van der Waals surface area contributed by atoms with Crippen molar-refractivity contribution in [3.63, 3.8) is 0 Å². The molecule has 1 N–H and O–H groups in total. The Labute approximate surface area is 179 Å². The van der Waals surface area contributed by atoms with Gasteiger partial charge in [0.05, 0.1) is 21.3 Å². The van der Waals surface area contributed by atoms with Gasteiger partial charge in [0.1, 0.15) is 0 Å². The zero-order valence-electron chi connectivity index (χ0n) is 18.2. The molecule has 1 aliphatic rings. The summed E-state index contributed by atoms with van der Waals surface area (Å²) in [6, 6.07) is 11.6. The third-order valence-corrected chi connectivity index (χ3v) is 5.50. The predicted octanol–water partition coefficient (Wildman–Crippen LogP) is 4.02. The molecule has 0 aromatic heterocycles. The molecule has 1 fully saturated rings. The van der Waals surface area contributed by atoms with E-state index in [1.807, 2.05) is 24.3 Å². The number of carbonyl (C=O) groups is 1. The van der Waals surface area contributed by atoms with E-state index in [0.717, 1.165) is 25.2 Å². The minimum absolute atomic E-state index is 0.106. The molecule has 6 heteroatoms. The van der Waals surface area contributed by atoms with E-state index in [9.17, 15) is 4.79 Å². The van der Waals surface area contributed by atoms with Crippen LogP contribution in [0.5, 0.6) is 17.2 Å². The smallest absolute Gasteiger partial charge is 0.251 e. The standard InChI is InChI=1S/C24H32N2O4/c1-28-21-14-19(15-22(29-2)23(21)30-3)16-25-24(27)20-10-8-18(9-11-20)17-26-12-6-4-5-7-13-26/h8-11,14-15H,4-7,12-13,16-17H2,1-3H3,(H,25,27). The highest BCUT2D eigenvalue weighted by Crippen LogP contribution is 2.38. The number of carbonyl (C=O) groups excluding carboxylic acids is 1. The van der Waals surface area contributed by atoms with E-state index in [2.05, 4.69) is 22.3 Å². The molecule has 2 aromatic carbocycles. The molecule has 0 bridgehead atoms. The lowest BCUT2D eigenvalue weighted by atomic mass is 10.1. The average molecular weight is 413 g/mol. The van der Waals surface area contributed by atoms with Crippen molar-refractivity contribution < 1.29 is 19.0 Å². The minimum Gasteiger partial charge on any atom is -0.493 e. The van der Waals surface area contributed by atoms with Gasteiger partial charge >= 0.3 is 0 Å². The van der Waals surface area contributed by atoms with Gasteiger partial charge in [0, 0.05) is 18.7 Å². The Balaban J connectivity index is 1.59. The first-order chi connectivity index (χ1) is 14.6. The van der Waals surface area contributed by atoms with Crippen molar-refractivity contribution in [2.24, 2.45) is 0 Å². The number of ether oxygens (including phenoxy) is 3. The van der Waals surface area contributed by atoms with Gasteiger partial charge in [-0.3, -0.25) is 9.69 Å². The maximum absolute atomic E-state index is 12.6. The lowest BCUT2D eigenvalue weighted by Gasteiger charge is -2.19. The third kappa shape index (κ3) is 5.66. The molecule has 6 nitrogen and oxygen atoms in total. The van der Waals surface area contributed by atoms with Gasteiger partial charge in [0.15, 0.2) is 11.5 Å². The summed E-state index contributed by atoms with van der Waals surface area (Å²) in [5.74, 6) is 1.57. The van der Waals surface area contributed by atoms with Crippen LogP contribution in [0.25, 0.3) is 0 Å². The Morgan fingerprint density at radius 2 is 1.47 bits per heavy atom. The van der Waals surface area contributed by atoms with Gasteiger partial charge in [-0.1, -0.05) is 25.0 Å². The number of nitrogens with zero attached hydrogens (tertiary/aromatic N) is 1. The number of nitrogens with one attached hydrogen (secondary N) is 1. The first-order valence-electron chi connectivity index (χ1n) is 10.5. The van der Waals surface area contributed by atoms with Crippen molar-refractivity contribution >= 4 is 5.91 Å². The van der Waals surface area contributed by atoms with Gasteiger partial charge in [-0.15, -0.1) is 0 Å². The predicted molar refractivity (Wildman–Crippen MR) is 117 cm³/mol. The quantitative estimate of drug-likeness (QED) is 0.710. The number of rotatable bonds is 8. The number of methoxy groups -OCH3 is 3. The fraction of sp³-hybridized carbons (Fsp3) is 0.458. The number of benzene rings is 2. The number of likely N-dealkylation sites (tertiary alicyclic amines) is 1. The summed E-state index contributed by atoms with van der Waals surface area (Å²) in [5.41, 5.74) is 2.77. The van der Waals surface area contributed by atoms with Crippen LogP contribution >= 0.6 is 0 Å². The Morgan fingerprint density at radius 1 is 0.867 bits per heavy atom. The Morgan fingerprint density at radius 3 is 2.00 bits per heavy atom. The van der Waals surface area contributed by atoms with Gasteiger partial charge in [-0.25, -0.2) is 0 Å². The molecule has 0 radical (unpaired) electrons. The molecular formula is C24H32N2O4. The van der Waals surface area contributed by atoms with Crippen LogP contribution in [0.3, 0.4) is 0 Å². The maximum atomic E-state index is 12.6. The van der Waals surface area contributed by atoms with E-state index in [4.69, 9.17) is 14.2 Å². The summed E-state index contributed by atoms with van der Waals surface area (Å²) in [6.07, 6.45) is 5.23. The molecule has 0 atom stereocenters. The lowest BCUT2D eigenvalue weighted by Crippen LogP contribution is -2.24. The highest BCUT2D eigenvalue weighted by Gasteiger charge is 2.14. The molecular weight excluding hydrogens is 380 g/mol. The molecule has 1 saturated heterocycles. The van der Waals surface area contributed by atoms with Gasteiger partial charge in [0.2, 0.25) is 5.75 Å². The molecule has 1 heterocycles. The van der Waals surface area contributed by atoms with Crippen molar-refractivity contribution in [3.8, 4) is 17.2 Å². The second kappa shape index (κ2) is 10.9. The lowest BCUT2D eigenvalue weighted by molar-refractivity contribution is 0.0951. The summed E-state index contributed by atoms with van der Waals surface area (Å²) >= 11 is 0. The molecule has 3 rings (SSSR count). The van der Waals surface area contributed by atoms with Crippen LogP contribution in [0, 0.1) is 0 Å². The van der Waals surface area contributed by atoms with E-state index in [1.54, 1.807) is 21.3 Å². The monoisotopic (exact) mass is 412 g/mol. The van der Waals surface area contributed by atoms with Crippen LogP contribution in [0.15, 0.2) is 36.4 Å². The Hall–Kier alpha value is -2.73. The molecule has 0 unspecified atom stereocenters. The van der Waals surface area contributed by atoms with Gasteiger partial charge in [-0.2, -0.15) is 0 Å². The summed E-state index contributed by atoms with van der Waals surface area (Å²) in [6.45, 7) is 3.65. The second-order valence-electron chi connectivity index (χ2n) is 7.60. The Kier molecular flexibility index (Phi) is 7.97. The van der Waals surface area contributed by atoms with E-state index in [0.29, 0.717) is 29.4 Å². The highest BCUT2D eigenvalue weighted by atomic mass is 16.5. The SMILES string of the molecule is COc1cc(CNC(=O)c2ccc(CN3CCCCCC3)cc2)cc(OC)c1OC. The fourth-order valence-corrected chi connectivity index (χ4v) is 3.84. The average Bonchev–Trinajstić information content (AvgIpc) is 3.05. The number of amides is 1. The summed E-state index contributed by atoms with van der Waals surface area (Å²) in [4.78, 5) is 15.1. The van der Waals surface area contributed by atoms with Crippen molar-refractivity contribution in [2.75, 3.05) is 34.4 Å². The molecule has 2 aromatic rings. The van der Waals surface area contributed by atoms with Crippen LogP contribution in [0.1, 0.15) is 47.2 Å². The molecule has 1 aliphatic heterocycles. The molecule has 30 heavy (non-hydrogen) atoms. The van der Waals surface area contributed by atoms with E-state index in [1.165, 1.54) is 31.2 Å². The molecule has 0 saturated carbocycles. The van der Waals surface area contributed by atoms with Crippen LogP contribution in [-0.2, 0) is 13.1 Å². The molecule has 1 amide bonds. The van der Waals surface area contributed by atoms with Crippen molar-refractivity contribution in [2.45, 2.75) is 38.8 Å². The first kappa shape index (κ1) is 22.0. The molecule has 0 aliphatic carbocycles. The fourth-order valence-electron chi connectivity index (χ4n) is 3.84. The topological polar surface area (TPSA) is 60.0 Å². The van der Waals surface area contributed by atoms with Crippen LogP contribution in [0.2, 0.25) is 0 Å².